The van der Waals surface area contributed by atoms with E-state index in [1.807, 2.05) is 29.0 Å². The molecule has 0 unspecified atom stereocenters. The van der Waals surface area contributed by atoms with E-state index in [0.717, 1.165) is 30.5 Å². The molecule has 0 amide bonds. The predicted octanol–water partition coefficient (Wildman–Crippen LogP) is 2.05. The number of pyridine rings is 2. The maximum absolute atomic E-state index is 12.4. The van der Waals surface area contributed by atoms with Crippen molar-refractivity contribution in [3.05, 3.63) is 82.3 Å². The first-order valence-corrected chi connectivity index (χ1v) is 8.43. The van der Waals surface area contributed by atoms with Gasteiger partial charge in [0.15, 0.2) is 0 Å². The van der Waals surface area contributed by atoms with Crippen LogP contribution < -0.4 is 10.9 Å². The van der Waals surface area contributed by atoms with Crippen LogP contribution in [0.3, 0.4) is 0 Å². The highest BCUT2D eigenvalue weighted by Crippen LogP contribution is 2.22. The topological polar surface area (TPSA) is 72.7 Å². The normalized spacial score (nSPS) is 16.2. The molecule has 126 valence electrons. The third-order valence-electron chi connectivity index (χ3n) is 4.55. The number of hydrogen-bond acceptors (Lipinski definition) is 5. The van der Waals surface area contributed by atoms with Crippen LogP contribution in [0, 0.1) is 0 Å². The maximum atomic E-state index is 12.4. The van der Waals surface area contributed by atoms with Crippen LogP contribution in [-0.4, -0.2) is 25.6 Å². The molecule has 1 atom stereocenters. The Balaban J connectivity index is 1.57. The third kappa shape index (κ3) is 3.42. The van der Waals surface area contributed by atoms with Gasteiger partial charge in [0.2, 0.25) is 5.95 Å². The average molecular weight is 333 g/mol. The minimum atomic E-state index is 0.0420. The fraction of sp³-hybridized carbons (Fsp3) is 0.263. The summed E-state index contributed by atoms with van der Waals surface area (Å²) in [5.41, 5.74) is 3.42. The molecular weight excluding hydrogens is 314 g/mol. The van der Waals surface area contributed by atoms with Gasteiger partial charge in [-0.05, 0) is 42.5 Å². The first kappa shape index (κ1) is 15.5. The second-order valence-corrected chi connectivity index (χ2v) is 6.25. The molecule has 0 radical (unpaired) electrons. The lowest BCUT2D eigenvalue weighted by molar-refractivity contribution is 0.557. The van der Waals surface area contributed by atoms with Crippen molar-refractivity contribution < 1.29 is 0 Å². The van der Waals surface area contributed by atoms with Crippen LogP contribution in [0.2, 0.25) is 0 Å². The highest BCUT2D eigenvalue weighted by Gasteiger charge is 2.22. The van der Waals surface area contributed by atoms with Crippen molar-refractivity contribution in [1.82, 2.24) is 19.5 Å². The second-order valence-electron chi connectivity index (χ2n) is 6.25. The largest absolute Gasteiger partial charge is 0.351 e. The fourth-order valence-electron chi connectivity index (χ4n) is 3.35. The Morgan fingerprint density at radius 2 is 2.00 bits per heavy atom. The van der Waals surface area contributed by atoms with E-state index in [9.17, 15) is 4.79 Å². The minimum absolute atomic E-state index is 0.0420. The lowest BCUT2D eigenvalue weighted by atomic mass is 9.91. The lowest BCUT2D eigenvalue weighted by Gasteiger charge is -2.27. The summed E-state index contributed by atoms with van der Waals surface area (Å²) < 4.78 is 1.88. The van der Waals surface area contributed by atoms with Gasteiger partial charge in [-0.2, -0.15) is 0 Å². The van der Waals surface area contributed by atoms with Crippen molar-refractivity contribution in [2.75, 3.05) is 5.32 Å². The Bertz CT molecular complexity index is 908. The molecule has 1 aliphatic rings. The summed E-state index contributed by atoms with van der Waals surface area (Å²) in [6, 6.07) is 9.60. The number of aromatic nitrogens is 4. The molecule has 0 bridgehead atoms. The van der Waals surface area contributed by atoms with Gasteiger partial charge in [0.25, 0.3) is 5.56 Å². The Labute approximate surface area is 145 Å². The van der Waals surface area contributed by atoms with Gasteiger partial charge in [-0.3, -0.25) is 9.78 Å². The summed E-state index contributed by atoms with van der Waals surface area (Å²) in [6.45, 7) is 0.565. The zero-order valence-corrected chi connectivity index (χ0v) is 13.8. The van der Waals surface area contributed by atoms with E-state index < -0.39 is 0 Å². The molecule has 3 heterocycles. The van der Waals surface area contributed by atoms with Gasteiger partial charge in [0, 0.05) is 42.6 Å². The first-order valence-electron chi connectivity index (χ1n) is 8.43. The van der Waals surface area contributed by atoms with E-state index in [4.69, 9.17) is 0 Å². The Morgan fingerprint density at radius 3 is 2.80 bits per heavy atom. The number of hydrogen-bond donors (Lipinski definition) is 1. The predicted molar refractivity (Wildman–Crippen MR) is 95.5 cm³/mol. The molecule has 6 heteroatoms. The van der Waals surface area contributed by atoms with E-state index in [-0.39, 0.29) is 11.6 Å². The first-order chi connectivity index (χ1) is 12.3. The average Bonchev–Trinajstić information content (AvgIpc) is 2.66. The van der Waals surface area contributed by atoms with Gasteiger partial charge in [-0.15, -0.1) is 0 Å². The van der Waals surface area contributed by atoms with Crippen molar-refractivity contribution in [2.24, 2.45) is 0 Å². The maximum Gasteiger partial charge on any atom is 0.251 e. The number of fused-ring (bicyclic) bond motifs is 1. The van der Waals surface area contributed by atoms with Crippen LogP contribution >= 0.6 is 0 Å². The van der Waals surface area contributed by atoms with E-state index in [1.165, 1.54) is 5.56 Å². The number of nitrogens with zero attached hydrogens (tertiary/aromatic N) is 4. The van der Waals surface area contributed by atoms with Gasteiger partial charge >= 0.3 is 0 Å². The van der Waals surface area contributed by atoms with Crippen LogP contribution in [-0.2, 0) is 19.4 Å². The van der Waals surface area contributed by atoms with Crippen LogP contribution in [0.1, 0.15) is 23.2 Å². The molecule has 0 aliphatic heterocycles. The van der Waals surface area contributed by atoms with Crippen molar-refractivity contribution in [3.63, 3.8) is 0 Å². The highest BCUT2D eigenvalue weighted by atomic mass is 16.1. The van der Waals surface area contributed by atoms with Gasteiger partial charge in [-0.1, -0.05) is 12.1 Å². The van der Waals surface area contributed by atoms with Gasteiger partial charge in [-0.25, -0.2) is 9.97 Å². The summed E-state index contributed by atoms with van der Waals surface area (Å²) in [6.07, 6.45) is 9.69. The van der Waals surface area contributed by atoms with Crippen LogP contribution in [0.5, 0.6) is 0 Å². The van der Waals surface area contributed by atoms with Crippen LogP contribution in [0.4, 0.5) is 5.95 Å². The molecule has 0 aromatic carbocycles. The minimum Gasteiger partial charge on any atom is -0.351 e. The number of nitrogens with one attached hydrogen (secondary N) is 1. The fourth-order valence-corrected chi connectivity index (χ4v) is 3.35. The van der Waals surface area contributed by atoms with Crippen molar-refractivity contribution in [2.45, 2.75) is 31.8 Å². The van der Waals surface area contributed by atoms with Crippen LogP contribution in [0.15, 0.2) is 59.9 Å². The van der Waals surface area contributed by atoms with E-state index in [0.29, 0.717) is 12.5 Å². The molecule has 0 spiro atoms. The molecule has 1 N–H and O–H groups in total. The van der Waals surface area contributed by atoms with E-state index in [1.54, 1.807) is 30.7 Å². The van der Waals surface area contributed by atoms with Crippen molar-refractivity contribution in [3.8, 4) is 0 Å². The van der Waals surface area contributed by atoms with Gasteiger partial charge < -0.3 is 9.88 Å². The molecule has 3 aromatic rings. The molecule has 0 fully saturated rings. The summed E-state index contributed by atoms with van der Waals surface area (Å²) >= 11 is 0. The number of anilines is 1. The molecule has 6 nitrogen and oxygen atoms in total. The van der Waals surface area contributed by atoms with Gasteiger partial charge in [0.1, 0.15) is 0 Å². The number of rotatable bonds is 4. The second kappa shape index (κ2) is 6.84. The summed E-state index contributed by atoms with van der Waals surface area (Å²) in [4.78, 5) is 25.0. The zero-order valence-electron chi connectivity index (χ0n) is 13.8. The molecule has 25 heavy (non-hydrogen) atoms. The quantitative estimate of drug-likeness (QED) is 0.791. The third-order valence-corrected chi connectivity index (χ3v) is 4.55. The molecule has 1 aliphatic carbocycles. The Morgan fingerprint density at radius 1 is 1.12 bits per heavy atom. The highest BCUT2D eigenvalue weighted by molar-refractivity contribution is 5.32. The lowest BCUT2D eigenvalue weighted by Crippen LogP contribution is -2.33. The molecule has 0 saturated carbocycles. The Hall–Kier alpha value is -3.02. The van der Waals surface area contributed by atoms with E-state index >= 15 is 0 Å². The summed E-state index contributed by atoms with van der Waals surface area (Å²) in [7, 11) is 0. The van der Waals surface area contributed by atoms with Crippen molar-refractivity contribution in [1.29, 1.82) is 0 Å². The smallest absolute Gasteiger partial charge is 0.251 e. The zero-order chi connectivity index (χ0) is 17.1. The standard InChI is InChI=1S/C19H19N5O/c25-18-7-4-15-11-16(23-19-21-9-2-10-22-19)5-6-17(15)24(18)13-14-3-1-8-20-12-14/h1-4,7-10,12,16H,5-6,11,13H2,(H,21,22,23)/t16-/m0/s1. The Kier molecular flexibility index (Phi) is 4.24. The summed E-state index contributed by atoms with van der Waals surface area (Å²) in [5, 5.41) is 3.39. The van der Waals surface area contributed by atoms with E-state index in [2.05, 4.69) is 20.3 Å². The monoisotopic (exact) mass is 333 g/mol. The SMILES string of the molecule is O=c1ccc2c(n1Cc1cccnc1)CC[C@H](Nc1ncccn1)C2. The van der Waals surface area contributed by atoms with Crippen LogP contribution in [0.25, 0.3) is 0 Å². The molecule has 0 saturated heterocycles. The molecule has 4 rings (SSSR count). The molecular formula is C19H19N5O. The van der Waals surface area contributed by atoms with Crippen molar-refractivity contribution >= 4 is 5.95 Å². The molecule has 3 aromatic heterocycles. The van der Waals surface area contributed by atoms with Gasteiger partial charge in [0.05, 0.1) is 6.54 Å². The summed E-state index contributed by atoms with van der Waals surface area (Å²) in [5.74, 6) is 0.652.